The van der Waals surface area contributed by atoms with Crippen LogP contribution in [0.25, 0.3) is 5.69 Å². The zero-order valence-electron chi connectivity index (χ0n) is 21.2. The zero-order valence-corrected chi connectivity index (χ0v) is 24.4. The molecule has 3 aliphatic rings. The zero-order chi connectivity index (χ0) is 27.0. The van der Waals surface area contributed by atoms with Crippen molar-refractivity contribution in [3.63, 3.8) is 0 Å². The number of hydrogen-bond acceptors (Lipinski definition) is 9. The van der Waals surface area contributed by atoms with Crippen LogP contribution in [0, 0.1) is 20.8 Å². The molecule has 0 atom stereocenters. The highest BCUT2D eigenvalue weighted by Gasteiger charge is 2.29. The van der Waals surface area contributed by atoms with Crippen molar-refractivity contribution in [3.05, 3.63) is 50.9 Å². The summed E-state index contributed by atoms with van der Waals surface area (Å²) in [6.45, 7) is 5.64. The van der Waals surface area contributed by atoms with E-state index < -0.39 is 25.8 Å². The van der Waals surface area contributed by atoms with Gasteiger partial charge in [-0.1, -0.05) is 17.7 Å². The Balaban J connectivity index is 1.62. The standard InChI is InChI=1S/C24H31N3O6S4/c1-15-11-13-20(14-12-15)37(31,32)26-22-21-23(34-17(3)16(2)27(21)24(28)25-22)35-19-9-5-7-18(8-6-10-19)33-36(4,29)30/h11-14,18-19H,5-10H2,1-4H3,(H,25,26,28). The van der Waals surface area contributed by atoms with Gasteiger partial charge in [0.05, 0.1) is 21.5 Å². The first-order valence-electron chi connectivity index (χ1n) is 12.0. The maximum atomic E-state index is 13.1. The first kappa shape index (κ1) is 28.1. The summed E-state index contributed by atoms with van der Waals surface area (Å²) in [5, 5.41) is 0.230. The van der Waals surface area contributed by atoms with Crippen LogP contribution in [0.2, 0.25) is 0 Å². The summed E-state index contributed by atoms with van der Waals surface area (Å²) in [7, 11) is -7.43. The summed E-state index contributed by atoms with van der Waals surface area (Å²) in [4.78, 5) is 18.0. The van der Waals surface area contributed by atoms with Crippen LogP contribution < -0.4 is 10.4 Å². The topological polar surface area (TPSA) is 124 Å². The molecule has 1 aliphatic carbocycles. The van der Waals surface area contributed by atoms with E-state index in [0.29, 0.717) is 18.5 Å². The van der Waals surface area contributed by atoms with E-state index in [2.05, 4.69) is 9.71 Å². The molecule has 4 rings (SSSR count). The predicted octanol–water partition coefficient (Wildman–Crippen LogP) is 4.62. The molecule has 2 aliphatic heterocycles. The summed E-state index contributed by atoms with van der Waals surface area (Å²) in [5.41, 5.74) is 1.61. The van der Waals surface area contributed by atoms with Crippen molar-refractivity contribution in [2.75, 3.05) is 11.0 Å². The molecule has 0 radical (unpaired) electrons. The Bertz CT molecular complexity index is 1500. The number of aryl methyl sites for hydroxylation is 2. The lowest BCUT2D eigenvalue weighted by molar-refractivity contribution is 0.176. The fraction of sp³-hybridized carbons (Fsp3) is 0.500. The largest absolute Gasteiger partial charge is 0.354 e. The second kappa shape index (κ2) is 11.0. The van der Waals surface area contributed by atoms with Gasteiger partial charge in [-0.05, 0) is 71.4 Å². The van der Waals surface area contributed by atoms with E-state index >= 15 is 0 Å². The van der Waals surface area contributed by atoms with Crippen LogP contribution in [0.15, 0.2) is 38.2 Å². The molecule has 1 N–H and O–H groups in total. The van der Waals surface area contributed by atoms with Gasteiger partial charge in [-0.3, -0.25) is 13.5 Å². The van der Waals surface area contributed by atoms with Gasteiger partial charge in [0.1, 0.15) is 5.69 Å². The van der Waals surface area contributed by atoms with Gasteiger partial charge in [-0.2, -0.15) is 13.4 Å². The molecule has 1 saturated carbocycles. The normalized spacial score (nSPS) is 19.5. The van der Waals surface area contributed by atoms with E-state index in [4.69, 9.17) is 4.18 Å². The summed E-state index contributed by atoms with van der Waals surface area (Å²) in [6.07, 6.45) is 5.43. The van der Waals surface area contributed by atoms with Crippen molar-refractivity contribution in [1.29, 1.82) is 0 Å². The fourth-order valence-electron chi connectivity index (χ4n) is 4.42. The van der Waals surface area contributed by atoms with Crippen LogP contribution in [-0.4, -0.2) is 44.0 Å². The Kier molecular flexibility index (Phi) is 8.39. The molecule has 0 saturated heterocycles. The average molecular weight is 586 g/mol. The quantitative estimate of drug-likeness (QED) is 0.399. The number of hydrogen-bond donors (Lipinski definition) is 1. The van der Waals surface area contributed by atoms with Gasteiger partial charge in [0.15, 0.2) is 5.82 Å². The number of anilines is 1. The number of nitrogens with one attached hydrogen (secondary N) is 1. The van der Waals surface area contributed by atoms with Crippen molar-refractivity contribution in [2.45, 2.75) is 79.8 Å². The van der Waals surface area contributed by atoms with Gasteiger partial charge in [0.25, 0.3) is 20.1 Å². The third-order valence-corrected chi connectivity index (χ3v) is 11.1. The third kappa shape index (κ3) is 6.75. The molecule has 37 heavy (non-hydrogen) atoms. The van der Waals surface area contributed by atoms with Crippen LogP contribution in [0.4, 0.5) is 5.82 Å². The summed E-state index contributed by atoms with van der Waals surface area (Å²) < 4.78 is 59.3. The molecule has 0 spiro atoms. The maximum absolute atomic E-state index is 13.1. The van der Waals surface area contributed by atoms with Crippen LogP contribution >= 0.6 is 23.1 Å². The van der Waals surface area contributed by atoms with Crippen LogP contribution in [0.3, 0.4) is 0 Å². The minimum absolute atomic E-state index is 0.0277. The molecule has 13 heteroatoms. The van der Waals surface area contributed by atoms with Crippen LogP contribution in [0.1, 0.15) is 54.7 Å². The molecule has 202 valence electrons. The lowest BCUT2D eigenvalue weighted by Gasteiger charge is -2.25. The number of imidazole rings is 1. The summed E-state index contributed by atoms with van der Waals surface area (Å²) >= 11 is 3.15. The lowest BCUT2D eigenvalue weighted by Crippen LogP contribution is -2.21. The number of benzene rings is 1. The Hall–Kier alpha value is -1.93. The van der Waals surface area contributed by atoms with Gasteiger partial charge in [-0.15, -0.1) is 23.1 Å². The third-order valence-electron chi connectivity index (χ3n) is 6.38. The molecule has 0 aromatic heterocycles. The van der Waals surface area contributed by atoms with Crippen molar-refractivity contribution in [1.82, 2.24) is 9.55 Å². The lowest BCUT2D eigenvalue weighted by atomic mass is 9.98. The minimum atomic E-state index is -3.95. The van der Waals surface area contributed by atoms with Gasteiger partial charge in [-0.25, -0.2) is 13.2 Å². The first-order valence-corrected chi connectivity index (χ1v) is 17.0. The Morgan fingerprint density at radius 2 is 1.65 bits per heavy atom. The van der Waals surface area contributed by atoms with Gasteiger partial charge >= 0.3 is 5.69 Å². The second-order valence-corrected chi connectivity index (χ2v) is 15.5. The molecule has 0 amide bonds. The van der Waals surface area contributed by atoms with E-state index in [0.717, 1.165) is 52.3 Å². The predicted molar refractivity (Wildman–Crippen MR) is 147 cm³/mol. The number of sulfonamides is 1. The number of rotatable bonds is 7. The molecule has 0 bridgehead atoms. The van der Waals surface area contributed by atoms with Crippen molar-refractivity contribution < 1.29 is 21.0 Å². The van der Waals surface area contributed by atoms with E-state index in [1.807, 2.05) is 20.8 Å². The van der Waals surface area contributed by atoms with Gasteiger partial charge in [0.2, 0.25) is 0 Å². The summed E-state index contributed by atoms with van der Waals surface area (Å²) in [5.74, 6) is 0.0277. The molecule has 1 aromatic carbocycles. The minimum Gasteiger partial charge on any atom is -0.267 e. The number of thioether (sulfide) groups is 1. The van der Waals surface area contributed by atoms with Gasteiger partial charge in [0, 0.05) is 15.8 Å². The Labute approximate surface area is 226 Å². The number of aromatic nitrogens is 2. The van der Waals surface area contributed by atoms with Crippen molar-refractivity contribution >= 4 is 49.1 Å². The van der Waals surface area contributed by atoms with E-state index in [-0.39, 0.29) is 22.1 Å². The highest BCUT2D eigenvalue weighted by Crippen LogP contribution is 2.43. The van der Waals surface area contributed by atoms with Gasteiger partial charge < -0.3 is 0 Å². The van der Waals surface area contributed by atoms with Crippen molar-refractivity contribution in [2.24, 2.45) is 0 Å². The number of nitrogens with zero attached hydrogens (tertiary/aromatic N) is 2. The highest BCUT2D eigenvalue weighted by molar-refractivity contribution is 8.01. The maximum Gasteiger partial charge on any atom is 0.354 e. The van der Waals surface area contributed by atoms with Crippen molar-refractivity contribution in [3.8, 4) is 5.69 Å². The number of fused-ring (bicyclic) bond motifs is 1. The molecule has 1 fully saturated rings. The first-order chi connectivity index (χ1) is 17.3. The second-order valence-electron chi connectivity index (χ2n) is 9.40. The molecule has 2 heterocycles. The SMILES string of the molecule is Cc1ccc(S(=O)(=O)Nc2nc(=O)n3c(C)c(C)sc(SC4CCCC(OS(C)(=O)=O)CCC4)c2-3)cc1. The molecule has 1 aromatic rings. The Morgan fingerprint density at radius 3 is 2.24 bits per heavy atom. The molecule has 0 unspecified atom stereocenters. The smallest absolute Gasteiger partial charge is 0.267 e. The molecular formula is C24H31N3O6S4. The van der Waals surface area contributed by atoms with E-state index in [1.54, 1.807) is 23.9 Å². The average Bonchev–Trinajstić information content (AvgIpc) is 3.09. The fourth-order valence-corrected chi connectivity index (χ4v) is 9.07. The van der Waals surface area contributed by atoms with Crippen LogP contribution in [-0.2, 0) is 24.3 Å². The van der Waals surface area contributed by atoms with E-state index in [9.17, 15) is 21.6 Å². The molecular weight excluding hydrogens is 555 g/mol. The van der Waals surface area contributed by atoms with Crippen LogP contribution in [0.5, 0.6) is 0 Å². The van der Waals surface area contributed by atoms with E-state index in [1.165, 1.54) is 28.0 Å². The highest BCUT2D eigenvalue weighted by atomic mass is 32.2. The monoisotopic (exact) mass is 585 g/mol. The molecule has 9 nitrogen and oxygen atoms in total. The Morgan fingerprint density at radius 1 is 1.03 bits per heavy atom. The summed E-state index contributed by atoms with van der Waals surface area (Å²) in [6, 6.07) is 6.49.